The maximum atomic E-state index is 12.5. The first kappa shape index (κ1) is 33.6. The summed E-state index contributed by atoms with van der Waals surface area (Å²) < 4.78 is 11.5. The molecule has 3 saturated heterocycles. The van der Waals surface area contributed by atoms with Gasteiger partial charge >= 0.3 is 0 Å². The number of hydroxylamine groups is 2. The van der Waals surface area contributed by atoms with Crippen LogP contribution in [-0.4, -0.2) is 80.4 Å². The number of halogens is 1. The second-order valence-corrected chi connectivity index (χ2v) is 12.2. The largest absolute Gasteiger partial charge is 0.494 e. The maximum absolute atomic E-state index is 12.5. The number of anilines is 3. The van der Waals surface area contributed by atoms with Crippen LogP contribution in [0, 0.1) is 12.3 Å². The van der Waals surface area contributed by atoms with Crippen LogP contribution in [-0.2, 0) is 14.4 Å². The molecule has 2 aromatic carbocycles. The number of rotatable bonds is 10. The topological polar surface area (TPSA) is 140 Å². The average molecular weight is 653 g/mol. The summed E-state index contributed by atoms with van der Waals surface area (Å²) in [5.41, 5.74) is 6.62. The number of piperidine rings is 1. The number of amidine groups is 1. The molecule has 0 aliphatic carbocycles. The number of morpholine rings is 1. The molecule has 5 rings (SSSR count). The summed E-state index contributed by atoms with van der Waals surface area (Å²) in [6, 6.07) is 9.83. The molecular formula is C33H45ClN8O4. The first-order chi connectivity index (χ1) is 22.2. The number of carbonyl (C=O) groups excluding carboxylic acids is 1. The number of hydrogen-bond acceptors (Lipinski definition) is 10. The summed E-state index contributed by atoms with van der Waals surface area (Å²) >= 11 is 6.40. The van der Waals surface area contributed by atoms with Crippen molar-refractivity contribution in [1.82, 2.24) is 15.4 Å². The average Bonchev–Trinajstić information content (AvgIpc) is 3.54. The van der Waals surface area contributed by atoms with Crippen molar-refractivity contribution in [3.63, 3.8) is 0 Å². The van der Waals surface area contributed by atoms with Gasteiger partial charge in [0.25, 0.3) is 0 Å². The van der Waals surface area contributed by atoms with E-state index in [1.807, 2.05) is 31.2 Å². The van der Waals surface area contributed by atoms with Gasteiger partial charge in [-0.1, -0.05) is 30.3 Å². The Morgan fingerprint density at radius 1 is 1.15 bits per heavy atom. The second-order valence-electron chi connectivity index (χ2n) is 11.8. The first-order valence-electron chi connectivity index (χ1n) is 15.7. The van der Waals surface area contributed by atoms with E-state index in [9.17, 15) is 4.79 Å². The molecule has 46 heavy (non-hydrogen) atoms. The lowest BCUT2D eigenvalue weighted by atomic mass is 9.99. The smallest absolute Gasteiger partial charge is 0.247 e. The van der Waals surface area contributed by atoms with E-state index < -0.39 is 0 Å². The zero-order valence-electron chi connectivity index (χ0n) is 26.8. The highest BCUT2D eigenvalue weighted by molar-refractivity contribution is 6.31. The molecule has 12 nitrogen and oxygen atoms in total. The Kier molecular flexibility index (Phi) is 11.1. The van der Waals surface area contributed by atoms with E-state index in [1.54, 1.807) is 24.3 Å². The standard InChI is InChI=1S/C33H45ClN8O4/c1-5-33(43)38-26-17-27(30(44-4)18-29(26)40-12-9-23(10-13-40)41-14-16-45-21(2)20-41)37-31(35)19-32(39-36)42-28(11-15-46-42)24-7-6-8-25(34)22(24)3/h5-8,17-19,21,23,28,39H,1,9-16,20,36H2,2-4H3,(H2,35,37)(H,38,43)/b32-19+/t21-,28+/m0/s1. The quantitative estimate of drug-likeness (QED) is 0.0817. The lowest BCUT2D eigenvalue weighted by Gasteiger charge is -2.42. The Morgan fingerprint density at radius 2 is 1.93 bits per heavy atom. The number of carbonyl (C=O) groups is 1. The van der Waals surface area contributed by atoms with Gasteiger partial charge in [0.1, 0.15) is 17.4 Å². The monoisotopic (exact) mass is 652 g/mol. The van der Waals surface area contributed by atoms with Crippen LogP contribution >= 0.6 is 11.6 Å². The summed E-state index contributed by atoms with van der Waals surface area (Å²) in [6.45, 7) is 12.5. The van der Waals surface area contributed by atoms with Crippen molar-refractivity contribution in [1.29, 1.82) is 5.41 Å². The number of ether oxygens (including phenoxy) is 2. The summed E-state index contributed by atoms with van der Waals surface area (Å²) in [4.78, 5) is 23.2. The van der Waals surface area contributed by atoms with Crippen LogP contribution in [0.1, 0.15) is 43.4 Å². The predicted octanol–water partition coefficient (Wildman–Crippen LogP) is 4.54. The van der Waals surface area contributed by atoms with Crippen LogP contribution in [0.3, 0.4) is 0 Å². The van der Waals surface area contributed by atoms with Crippen molar-refractivity contribution < 1.29 is 19.1 Å². The van der Waals surface area contributed by atoms with Crippen molar-refractivity contribution in [2.24, 2.45) is 5.84 Å². The molecule has 1 amide bonds. The number of amides is 1. The molecule has 248 valence electrons. The van der Waals surface area contributed by atoms with Gasteiger partial charge in [-0.25, -0.2) is 10.9 Å². The molecule has 3 fully saturated rings. The molecule has 13 heteroatoms. The minimum absolute atomic E-state index is 0.0256. The Labute approximate surface area is 275 Å². The van der Waals surface area contributed by atoms with Gasteiger partial charge in [-0.15, -0.1) is 0 Å². The summed E-state index contributed by atoms with van der Waals surface area (Å²) in [7, 11) is 1.58. The highest BCUT2D eigenvalue weighted by Crippen LogP contribution is 2.39. The van der Waals surface area contributed by atoms with Gasteiger partial charge in [0.2, 0.25) is 5.91 Å². The van der Waals surface area contributed by atoms with Crippen LogP contribution in [0.25, 0.3) is 0 Å². The van der Waals surface area contributed by atoms with Crippen LogP contribution in [0.4, 0.5) is 17.1 Å². The van der Waals surface area contributed by atoms with Gasteiger partial charge in [-0.3, -0.25) is 19.9 Å². The van der Waals surface area contributed by atoms with Crippen molar-refractivity contribution in [2.75, 3.05) is 62.0 Å². The molecule has 3 aliphatic rings. The Bertz CT molecular complexity index is 1460. The summed E-state index contributed by atoms with van der Waals surface area (Å²) in [5, 5.41) is 17.2. The van der Waals surface area contributed by atoms with Crippen molar-refractivity contribution in [3.8, 4) is 5.75 Å². The Hall–Kier alpha value is -3.81. The fourth-order valence-electron chi connectivity index (χ4n) is 6.49. The number of methoxy groups -OCH3 is 1. The normalized spacial score (nSPS) is 21.2. The zero-order valence-corrected chi connectivity index (χ0v) is 27.5. The maximum Gasteiger partial charge on any atom is 0.247 e. The number of hydrogen-bond donors (Lipinski definition) is 5. The third-order valence-corrected chi connectivity index (χ3v) is 9.27. The summed E-state index contributed by atoms with van der Waals surface area (Å²) in [6.07, 6.45) is 5.77. The van der Waals surface area contributed by atoms with Gasteiger partial charge < -0.3 is 30.4 Å². The number of hydrazine groups is 1. The lowest BCUT2D eigenvalue weighted by Crippen LogP contribution is -2.51. The van der Waals surface area contributed by atoms with Crippen molar-refractivity contribution in [3.05, 3.63) is 71.0 Å². The van der Waals surface area contributed by atoms with E-state index in [2.05, 4.69) is 39.4 Å². The SMILES string of the molecule is C=CC(=O)Nc1cc(NC(=N)/C=C(\NN)N2OCC[C@@H]2c2cccc(Cl)c2C)c(OC)cc1N1CCC(N2CCO[C@@H](C)C2)CC1. The Balaban J connectivity index is 1.35. The fourth-order valence-corrected chi connectivity index (χ4v) is 6.67. The van der Waals surface area contributed by atoms with Gasteiger partial charge in [0.05, 0.1) is 49.5 Å². The Morgan fingerprint density at radius 3 is 2.63 bits per heavy atom. The number of nitrogens with two attached hydrogens (primary N) is 1. The number of nitrogens with one attached hydrogen (secondary N) is 4. The van der Waals surface area contributed by atoms with Crippen molar-refractivity contribution in [2.45, 2.75) is 51.3 Å². The molecule has 0 saturated carbocycles. The molecule has 3 heterocycles. The zero-order chi connectivity index (χ0) is 32.8. The highest BCUT2D eigenvalue weighted by Gasteiger charge is 2.32. The van der Waals surface area contributed by atoms with Gasteiger partial charge in [0.15, 0.2) is 0 Å². The van der Waals surface area contributed by atoms with Gasteiger partial charge in [-0.05, 0) is 56.0 Å². The van der Waals surface area contributed by atoms with E-state index in [1.165, 1.54) is 6.08 Å². The third-order valence-electron chi connectivity index (χ3n) is 8.86. The highest BCUT2D eigenvalue weighted by atomic mass is 35.5. The molecule has 2 aromatic rings. The molecule has 0 unspecified atom stereocenters. The van der Waals surface area contributed by atoms with Crippen molar-refractivity contribution >= 4 is 40.4 Å². The van der Waals surface area contributed by atoms with E-state index in [-0.39, 0.29) is 23.9 Å². The number of benzene rings is 2. The minimum Gasteiger partial charge on any atom is -0.494 e. The number of nitrogens with zero attached hydrogens (tertiary/aromatic N) is 3. The van der Waals surface area contributed by atoms with Crippen LogP contribution in [0.5, 0.6) is 5.75 Å². The fraction of sp³-hybridized carbons (Fsp3) is 0.455. The molecule has 6 N–H and O–H groups in total. The lowest BCUT2D eigenvalue weighted by molar-refractivity contribution is -0.111. The predicted molar refractivity (Wildman–Crippen MR) is 182 cm³/mol. The second kappa shape index (κ2) is 15.2. The van der Waals surface area contributed by atoms with Crippen LogP contribution < -0.4 is 31.5 Å². The molecule has 0 bridgehead atoms. The van der Waals surface area contributed by atoms with Crippen LogP contribution in [0.15, 0.2) is 54.9 Å². The molecule has 2 atom stereocenters. The first-order valence-corrected chi connectivity index (χ1v) is 16.1. The molecule has 0 aromatic heterocycles. The molecule has 0 radical (unpaired) electrons. The van der Waals surface area contributed by atoms with E-state index >= 15 is 0 Å². The minimum atomic E-state index is -0.326. The van der Waals surface area contributed by atoms with Gasteiger partial charge in [0, 0.05) is 55.8 Å². The van der Waals surface area contributed by atoms with Gasteiger partial charge in [-0.2, -0.15) is 0 Å². The van der Waals surface area contributed by atoms with E-state index in [4.69, 9.17) is 37.2 Å². The van der Waals surface area contributed by atoms with Crippen LogP contribution in [0.2, 0.25) is 5.02 Å². The van der Waals surface area contributed by atoms with E-state index in [0.717, 1.165) is 68.9 Å². The van der Waals surface area contributed by atoms with E-state index in [0.29, 0.717) is 40.6 Å². The third kappa shape index (κ3) is 7.59. The molecule has 3 aliphatic heterocycles. The molecule has 0 spiro atoms. The summed E-state index contributed by atoms with van der Waals surface area (Å²) in [5.74, 6) is 6.56. The molecular weight excluding hydrogens is 608 g/mol.